The third kappa shape index (κ3) is 4.75. The fraction of sp³-hybridized carbons (Fsp3) is 0.300. The SMILES string of the molecule is N#Cc1ccc(CNCC(=O)N2CCN(c3cccc(Cl)c3)CC2)cc1. The predicted molar refractivity (Wildman–Crippen MR) is 103 cm³/mol. The zero-order valence-electron chi connectivity index (χ0n) is 14.5. The molecule has 2 aromatic carbocycles. The van der Waals surface area contributed by atoms with Gasteiger partial charge in [-0.15, -0.1) is 0 Å². The Hall–Kier alpha value is -2.55. The average Bonchev–Trinajstić information content (AvgIpc) is 2.68. The average molecular weight is 369 g/mol. The number of hydrogen-bond acceptors (Lipinski definition) is 4. The maximum Gasteiger partial charge on any atom is 0.236 e. The fourth-order valence-electron chi connectivity index (χ4n) is 3.01. The van der Waals surface area contributed by atoms with E-state index in [1.54, 1.807) is 12.1 Å². The van der Waals surface area contributed by atoms with Crippen molar-refractivity contribution in [1.29, 1.82) is 5.26 Å². The van der Waals surface area contributed by atoms with Gasteiger partial charge in [0.25, 0.3) is 0 Å². The first-order valence-electron chi connectivity index (χ1n) is 8.64. The van der Waals surface area contributed by atoms with Gasteiger partial charge in [0.05, 0.1) is 18.2 Å². The van der Waals surface area contributed by atoms with E-state index in [2.05, 4.69) is 16.3 Å². The lowest BCUT2D eigenvalue weighted by molar-refractivity contribution is -0.130. The Morgan fingerprint density at radius 2 is 1.85 bits per heavy atom. The highest BCUT2D eigenvalue weighted by Crippen LogP contribution is 2.20. The van der Waals surface area contributed by atoms with Crippen LogP contribution in [0.1, 0.15) is 11.1 Å². The predicted octanol–water partition coefficient (Wildman–Crippen LogP) is 2.65. The van der Waals surface area contributed by atoms with Crippen molar-refractivity contribution >= 4 is 23.2 Å². The number of rotatable bonds is 5. The number of nitrogens with one attached hydrogen (secondary N) is 1. The minimum absolute atomic E-state index is 0.115. The second-order valence-corrected chi connectivity index (χ2v) is 6.70. The number of anilines is 1. The van der Waals surface area contributed by atoms with Crippen molar-refractivity contribution in [3.8, 4) is 6.07 Å². The van der Waals surface area contributed by atoms with E-state index >= 15 is 0 Å². The molecule has 3 rings (SSSR count). The number of amides is 1. The van der Waals surface area contributed by atoms with E-state index in [-0.39, 0.29) is 5.91 Å². The molecule has 1 aliphatic heterocycles. The van der Waals surface area contributed by atoms with E-state index in [1.807, 2.05) is 41.3 Å². The minimum Gasteiger partial charge on any atom is -0.368 e. The Balaban J connectivity index is 1.42. The Labute approximate surface area is 158 Å². The molecule has 0 atom stereocenters. The molecular formula is C20H21ClN4O. The van der Waals surface area contributed by atoms with E-state index in [0.717, 1.165) is 29.4 Å². The van der Waals surface area contributed by atoms with Crippen molar-refractivity contribution in [3.05, 3.63) is 64.7 Å². The number of hydrogen-bond donors (Lipinski definition) is 1. The van der Waals surface area contributed by atoms with Crippen molar-refractivity contribution in [3.63, 3.8) is 0 Å². The standard InChI is InChI=1S/C20H21ClN4O/c21-18-2-1-3-19(12-18)24-8-10-25(11-9-24)20(26)15-23-14-17-6-4-16(13-22)5-7-17/h1-7,12,23H,8-11,14-15H2. The van der Waals surface area contributed by atoms with Crippen molar-refractivity contribution in [1.82, 2.24) is 10.2 Å². The highest BCUT2D eigenvalue weighted by atomic mass is 35.5. The maximum atomic E-state index is 12.4. The van der Waals surface area contributed by atoms with Crippen LogP contribution in [0.4, 0.5) is 5.69 Å². The number of nitrogens with zero attached hydrogens (tertiary/aromatic N) is 3. The molecule has 0 spiro atoms. The van der Waals surface area contributed by atoms with Gasteiger partial charge in [-0.25, -0.2) is 0 Å². The summed E-state index contributed by atoms with van der Waals surface area (Å²) < 4.78 is 0. The zero-order chi connectivity index (χ0) is 18.4. The van der Waals surface area contributed by atoms with Crippen LogP contribution in [0.3, 0.4) is 0 Å². The van der Waals surface area contributed by atoms with Crippen LogP contribution >= 0.6 is 11.6 Å². The summed E-state index contributed by atoms with van der Waals surface area (Å²) in [7, 11) is 0. The molecule has 1 amide bonds. The summed E-state index contributed by atoms with van der Waals surface area (Å²) in [6, 6.07) is 17.3. The Bertz CT molecular complexity index is 792. The molecule has 6 heteroatoms. The van der Waals surface area contributed by atoms with Gasteiger partial charge >= 0.3 is 0 Å². The van der Waals surface area contributed by atoms with E-state index < -0.39 is 0 Å². The maximum absolute atomic E-state index is 12.4. The van der Waals surface area contributed by atoms with Crippen LogP contribution in [0.25, 0.3) is 0 Å². The Morgan fingerprint density at radius 3 is 2.50 bits per heavy atom. The lowest BCUT2D eigenvalue weighted by Gasteiger charge is -2.36. The zero-order valence-corrected chi connectivity index (χ0v) is 15.2. The largest absolute Gasteiger partial charge is 0.368 e. The van der Waals surface area contributed by atoms with Crippen molar-refractivity contribution in [2.75, 3.05) is 37.6 Å². The molecule has 1 heterocycles. The molecule has 1 N–H and O–H groups in total. The number of carbonyl (C=O) groups excluding carboxylic acids is 1. The third-order valence-corrected chi connectivity index (χ3v) is 4.73. The molecule has 0 unspecified atom stereocenters. The van der Waals surface area contributed by atoms with Crippen LogP contribution in [0, 0.1) is 11.3 Å². The van der Waals surface area contributed by atoms with Crippen molar-refractivity contribution in [2.45, 2.75) is 6.54 Å². The topological polar surface area (TPSA) is 59.4 Å². The van der Waals surface area contributed by atoms with Gasteiger partial charge in [0.2, 0.25) is 5.91 Å². The van der Waals surface area contributed by atoms with E-state index in [4.69, 9.17) is 16.9 Å². The summed E-state index contributed by atoms with van der Waals surface area (Å²) in [5.74, 6) is 0.115. The molecule has 26 heavy (non-hydrogen) atoms. The quantitative estimate of drug-likeness (QED) is 0.881. The van der Waals surface area contributed by atoms with Gasteiger partial charge in [0.1, 0.15) is 0 Å². The molecule has 0 aromatic heterocycles. The van der Waals surface area contributed by atoms with Crippen LogP contribution < -0.4 is 10.2 Å². The lowest BCUT2D eigenvalue weighted by atomic mass is 10.1. The van der Waals surface area contributed by atoms with Crippen molar-refractivity contribution < 1.29 is 4.79 Å². The summed E-state index contributed by atoms with van der Waals surface area (Å²) in [5.41, 5.74) is 2.80. The van der Waals surface area contributed by atoms with Gasteiger partial charge < -0.3 is 15.1 Å². The Morgan fingerprint density at radius 1 is 1.12 bits per heavy atom. The second-order valence-electron chi connectivity index (χ2n) is 6.26. The van der Waals surface area contributed by atoms with E-state index in [1.165, 1.54) is 0 Å². The number of carbonyl (C=O) groups is 1. The molecule has 0 radical (unpaired) electrons. The molecule has 0 saturated carbocycles. The number of benzene rings is 2. The van der Waals surface area contributed by atoms with Crippen LogP contribution in [-0.4, -0.2) is 43.5 Å². The van der Waals surface area contributed by atoms with Crippen LogP contribution in [0.5, 0.6) is 0 Å². The summed E-state index contributed by atoms with van der Waals surface area (Å²) in [6.07, 6.45) is 0. The molecule has 5 nitrogen and oxygen atoms in total. The molecule has 1 fully saturated rings. The first-order chi connectivity index (χ1) is 12.7. The molecule has 1 saturated heterocycles. The van der Waals surface area contributed by atoms with Gasteiger partial charge in [-0.1, -0.05) is 29.8 Å². The van der Waals surface area contributed by atoms with Crippen LogP contribution in [0.2, 0.25) is 5.02 Å². The molecule has 134 valence electrons. The molecule has 1 aliphatic rings. The molecule has 0 aliphatic carbocycles. The minimum atomic E-state index is 0.115. The van der Waals surface area contributed by atoms with Gasteiger partial charge in [0, 0.05) is 43.4 Å². The number of halogens is 1. The number of piperazine rings is 1. The monoisotopic (exact) mass is 368 g/mol. The van der Waals surface area contributed by atoms with Crippen LogP contribution in [-0.2, 0) is 11.3 Å². The van der Waals surface area contributed by atoms with Gasteiger partial charge in [-0.05, 0) is 35.9 Å². The summed E-state index contributed by atoms with van der Waals surface area (Å²) in [4.78, 5) is 16.5. The second kappa shape index (κ2) is 8.70. The van der Waals surface area contributed by atoms with E-state index in [9.17, 15) is 4.79 Å². The van der Waals surface area contributed by atoms with E-state index in [0.29, 0.717) is 31.7 Å². The summed E-state index contributed by atoms with van der Waals surface area (Å²) >= 11 is 6.05. The first-order valence-corrected chi connectivity index (χ1v) is 9.01. The van der Waals surface area contributed by atoms with Crippen molar-refractivity contribution in [2.24, 2.45) is 0 Å². The third-order valence-electron chi connectivity index (χ3n) is 4.49. The Kier molecular flexibility index (Phi) is 6.11. The molecule has 2 aromatic rings. The van der Waals surface area contributed by atoms with Gasteiger partial charge in [-0.3, -0.25) is 4.79 Å². The number of nitriles is 1. The van der Waals surface area contributed by atoms with Gasteiger partial charge in [0.15, 0.2) is 0 Å². The fourth-order valence-corrected chi connectivity index (χ4v) is 3.19. The molecular weight excluding hydrogens is 348 g/mol. The highest BCUT2D eigenvalue weighted by molar-refractivity contribution is 6.30. The highest BCUT2D eigenvalue weighted by Gasteiger charge is 2.21. The van der Waals surface area contributed by atoms with Crippen LogP contribution in [0.15, 0.2) is 48.5 Å². The summed E-state index contributed by atoms with van der Waals surface area (Å²) in [5, 5.41) is 12.7. The smallest absolute Gasteiger partial charge is 0.236 e. The first kappa shape index (κ1) is 18.2. The lowest BCUT2D eigenvalue weighted by Crippen LogP contribution is -2.50. The van der Waals surface area contributed by atoms with Gasteiger partial charge in [-0.2, -0.15) is 5.26 Å². The normalized spacial score (nSPS) is 14.2. The molecule has 0 bridgehead atoms. The summed E-state index contributed by atoms with van der Waals surface area (Å²) in [6.45, 7) is 3.97.